The molecule has 0 aromatic heterocycles. The second-order valence-electron chi connectivity index (χ2n) is 4.84. The van der Waals surface area contributed by atoms with Crippen LogP contribution in [0.4, 0.5) is 0 Å². The molecule has 1 aliphatic heterocycles. The Morgan fingerprint density at radius 1 is 1.35 bits per heavy atom. The SMILES string of the molecule is CNN(NC)C1CCN(C(=O)c2ccc(CCl)cc2)C1. The highest BCUT2D eigenvalue weighted by molar-refractivity contribution is 6.17. The molecule has 1 heterocycles. The molecule has 1 saturated heterocycles. The van der Waals surface area contributed by atoms with E-state index in [0.717, 1.165) is 30.6 Å². The Morgan fingerprint density at radius 3 is 2.55 bits per heavy atom. The van der Waals surface area contributed by atoms with Gasteiger partial charge in [-0.15, -0.1) is 11.6 Å². The maximum atomic E-state index is 12.4. The number of nitrogens with one attached hydrogen (secondary N) is 2. The quantitative estimate of drug-likeness (QED) is 0.633. The Hall–Kier alpha value is -1.14. The number of benzene rings is 1. The minimum atomic E-state index is 0.0841. The minimum absolute atomic E-state index is 0.0841. The Labute approximate surface area is 124 Å². The fraction of sp³-hybridized carbons (Fsp3) is 0.500. The molecule has 2 N–H and O–H groups in total. The molecule has 1 amide bonds. The lowest BCUT2D eigenvalue weighted by Crippen LogP contribution is -2.52. The van der Waals surface area contributed by atoms with Gasteiger partial charge in [-0.05, 0) is 24.1 Å². The number of hydrazine groups is 2. The van der Waals surface area contributed by atoms with Gasteiger partial charge in [-0.3, -0.25) is 4.79 Å². The fourth-order valence-corrected chi connectivity index (χ4v) is 2.71. The second-order valence-corrected chi connectivity index (χ2v) is 5.11. The molecule has 110 valence electrons. The summed E-state index contributed by atoms with van der Waals surface area (Å²) in [4.78, 5) is 14.3. The zero-order chi connectivity index (χ0) is 14.5. The van der Waals surface area contributed by atoms with Crippen LogP contribution in [0.1, 0.15) is 22.3 Å². The van der Waals surface area contributed by atoms with Crippen LogP contribution < -0.4 is 10.9 Å². The van der Waals surface area contributed by atoms with Gasteiger partial charge in [-0.25, -0.2) is 10.9 Å². The van der Waals surface area contributed by atoms with Crippen LogP contribution >= 0.6 is 11.6 Å². The Morgan fingerprint density at radius 2 is 2.00 bits per heavy atom. The number of amides is 1. The van der Waals surface area contributed by atoms with Crippen LogP contribution in [0, 0.1) is 0 Å². The lowest BCUT2D eigenvalue weighted by atomic mass is 10.1. The summed E-state index contributed by atoms with van der Waals surface area (Å²) in [5.74, 6) is 0.556. The lowest BCUT2D eigenvalue weighted by Gasteiger charge is -2.26. The van der Waals surface area contributed by atoms with Gasteiger partial charge in [-0.1, -0.05) is 12.1 Å². The lowest BCUT2D eigenvalue weighted by molar-refractivity contribution is 0.0694. The summed E-state index contributed by atoms with van der Waals surface area (Å²) in [6.07, 6.45) is 0.952. The number of halogens is 1. The Bertz CT molecular complexity index is 447. The number of alkyl halides is 1. The smallest absolute Gasteiger partial charge is 0.253 e. The van der Waals surface area contributed by atoms with Crippen LogP contribution in [0.3, 0.4) is 0 Å². The van der Waals surface area contributed by atoms with Gasteiger partial charge in [0, 0.05) is 38.6 Å². The molecule has 1 aromatic carbocycles. The van der Waals surface area contributed by atoms with Crippen molar-refractivity contribution in [1.82, 2.24) is 20.9 Å². The summed E-state index contributed by atoms with van der Waals surface area (Å²) in [5, 5.41) is 1.93. The first-order valence-corrected chi connectivity index (χ1v) is 7.31. The number of carbonyl (C=O) groups is 1. The molecule has 1 aliphatic rings. The highest BCUT2D eigenvalue weighted by Crippen LogP contribution is 2.17. The third-order valence-electron chi connectivity index (χ3n) is 3.65. The molecule has 0 bridgehead atoms. The van der Waals surface area contributed by atoms with Crippen molar-refractivity contribution < 1.29 is 4.79 Å². The zero-order valence-electron chi connectivity index (χ0n) is 11.9. The van der Waals surface area contributed by atoms with Crippen molar-refractivity contribution in [3.8, 4) is 0 Å². The maximum Gasteiger partial charge on any atom is 0.253 e. The zero-order valence-corrected chi connectivity index (χ0v) is 12.7. The first-order valence-electron chi connectivity index (χ1n) is 6.77. The molecule has 1 unspecified atom stereocenters. The molecule has 1 atom stereocenters. The van der Waals surface area contributed by atoms with E-state index >= 15 is 0 Å². The maximum absolute atomic E-state index is 12.4. The molecule has 20 heavy (non-hydrogen) atoms. The van der Waals surface area contributed by atoms with Gasteiger partial charge < -0.3 is 4.90 Å². The van der Waals surface area contributed by atoms with Gasteiger partial charge in [0.05, 0.1) is 6.04 Å². The molecule has 1 aromatic rings. The Kier molecular flexibility index (Phi) is 5.37. The van der Waals surface area contributed by atoms with E-state index in [4.69, 9.17) is 11.6 Å². The van der Waals surface area contributed by atoms with Crippen molar-refractivity contribution >= 4 is 17.5 Å². The molecule has 0 spiro atoms. The monoisotopic (exact) mass is 296 g/mol. The molecule has 0 saturated carbocycles. The van der Waals surface area contributed by atoms with E-state index in [1.54, 1.807) is 0 Å². The number of rotatable bonds is 5. The summed E-state index contributed by atoms with van der Waals surface area (Å²) in [6, 6.07) is 7.79. The molecule has 2 rings (SSSR count). The van der Waals surface area contributed by atoms with Crippen molar-refractivity contribution in [3.63, 3.8) is 0 Å². The van der Waals surface area contributed by atoms with Gasteiger partial charge in [0.15, 0.2) is 0 Å². The molecular formula is C14H21ClN4O. The number of likely N-dealkylation sites (tertiary alicyclic amines) is 1. The minimum Gasteiger partial charge on any atom is -0.337 e. The largest absolute Gasteiger partial charge is 0.337 e. The average Bonchev–Trinajstić information content (AvgIpc) is 2.97. The van der Waals surface area contributed by atoms with Crippen molar-refractivity contribution in [2.75, 3.05) is 27.2 Å². The van der Waals surface area contributed by atoms with E-state index in [1.807, 2.05) is 48.4 Å². The number of hydrogen-bond acceptors (Lipinski definition) is 4. The van der Waals surface area contributed by atoms with E-state index < -0.39 is 0 Å². The molecule has 6 heteroatoms. The molecule has 0 aliphatic carbocycles. The van der Waals surface area contributed by atoms with Crippen LogP contribution in [0.25, 0.3) is 0 Å². The first kappa shape index (κ1) is 15.3. The average molecular weight is 297 g/mol. The van der Waals surface area contributed by atoms with E-state index in [-0.39, 0.29) is 11.9 Å². The molecule has 1 fully saturated rings. The van der Waals surface area contributed by atoms with Crippen LogP contribution in [0.5, 0.6) is 0 Å². The molecule has 0 radical (unpaired) electrons. The van der Waals surface area contributed by atoms with Crippen LogP contribution in [-0.4, -0.2) is 49.2 Å². The van der Waals surface area contributed by atoms with Crippen LogP contribution in [0.15, 0.2) is 24.3 Å². The highest BCUT2D eigenvalue weighted by Gasteiger charge is 2.30. The number of hydrogen-bond donors (Lipinski definition) is 2. The summed E-state index contributed by atoms with van der Waals surface area (Å²) >= 11 is 5.76. The highest BCUT2D eigenvalue weighted by atomic mass is 35.5. The first-order chi connectivity index (χ1) is 9.69. The standard InChI is InChI=1S/C14H21ClN4O/c1-16-19(17-2)13-7-8-18(10-13)14(20)12-5-3-11(9-15)4-6-12/h3-6,13,16-17H,7-10H2,1-2H3. The summed E-state index contributed by atoms with van der Waals surface area (Å²) < 4.78 is 0. The second kappa shape index (κ2) is 7.04. The molecule has 5 nitrogen and oxygen atoms in total. The third kappa shape index (κ3) is 3.30. The molecular weight excluding hydrogens is 276 g/mol. The summed E-state index contributed by atoms with van der Waals surface area (Å²) in [7, 11) is 3.73. The van der Waals surface area contributed by atoms with Crippen molar-refractivity contribution in [1.29, 1.82) is 0 Å². The summed E-state index contributed by atoms with van der Waals surface area (Å²) in [5.41, 5.74) is 7.90. The van der Waals surface area contributed by atoms with Crippen molar-refractivity contribution in [2.45, 2.75) is 18.3 Å². The van der Waals surface area contributed by atoms with Gasteiger partial charge in [-0.2, -0.15) is 5.12 Å². The van der Waals surface area contributed by atoms with E-state index in [9.17, 15) is 4.79 Å². The van der Waals surface area contributed by atoms with Crippen molar-refractivity contribution in [3.05, 3.63) is 35.4 Å². The van der Waals surface area contributed by atoms with Crippen LogP contribution in [-0.2, 0) is 5.88 Å². The van der Waals surface area contributed by atoms with E-state index in [1.165, 1.54) is 0 Å². The predicted molar refractivity (Wildman–Crippen MR) is 80.3 cm³/mol. The van der Waals surface area contributed by atoms with Crippen LogP contribution in [0.2, 0.25) is 0 Å². The van der Waals surface area contributed by atoms with Gasteiger partial charge >= 0.3 is 0 Å². The van der Waals surface area contributed by atoms with Gasteiger partial charge in [0.2, 0.25) is 0 Å². The topological polar surface area (TPSA) is 47.6 Å². The van der Waals surface area contributed by atoms with Crippen molar-refractivity contribution in [2.24, 2.45) is 0 Å². The van der Waals surface area contributed by atoms with Gasteiger partial charge in [0.1, 0.15) is 0 Å². The van der Waals surface area contributed by atoms with E-state index in [0.29, 0.717) is 5.88 Å². The summed E-state index contributed by atoms with van der Waals surface area (Å²) in [6.45, 7) is 1.50. The normalized spacial score (nSPS) is 18.8. The number of nitrogens with zero attached hydrogens (tertiary/aromatic N) is 2. The van der Waals surface area contributed by atoms with E-state index in [2.05, 4.69) is 10.9 Å². The Balaban J connectivity index is 2.00. The van der Waals surface area contributed by atoms with Gasteiger partial charge in [0.25, 0.3) is 5.91 Å². The fourth-order valence-electron chi connectivity index (χ4n) is 2.53. The third-order valence-corrected chi connectivity index (χ3v) is 3.96. The predicted octanol–water partition coefficient (Wildman–Crippen LogP) is 1.21. The number of carbonyl (C=O) groups excluding carboxylic acids is 1.